The van der Waals surface area contributed by atoms with E-state index in [1.54, 1.807) is 0 Å². The molecule has 0 saturated carbocycles. The van der Waals surface area contributed by atoms with Crippen LogP contribution in [-0.2, 0) is 10.2 Å². The Kier molecular flexibility index (Phi) is 3.81. The highest BCUT2D eigenvalue weighted by Gasteiger charge is 2.29. The molecule has 0 aromatic heterocycles. The number of benzene rings is 1. The minimum atomic E-state index is 0.159. The molecular formula is C15H20BrNO. The van der Waals surface area contributed by atoms with Crippen molar-refractivity contribution in [2.24, 2.45) is 5.92 Å². The first kappa shape index (κ1) is 13.6. The van der Waals surface area contributed by atoms with Gasteiger partial charge in [-0.05, 0) is 29.0 Å². The summed E-state index contributed by atoms with van der Waals surface area (Å²) in [5.74, 6) is 0.683. The molecule has 1 atom stereocenters. The fraction of sp³-hybridized carbons (Fsp3) is 0.533. The summed E-state index contributed by atoms with van der Waals surface area (Å²) in [5.41, 5.74) is 2.48. The Balaban J connectivity index is 2.18. The van der Waals surface area contributed by atoms with Gasteiger partial charge in [0, 0.05) is 24.0 Å². The Morgan fingerprint density at radius 2 is 1.89 bits per heavy atom. The molecule has 0 spiro atoms. The van der Waals surface area contributed by atoms with E-state index >= 15 is 0 Å². The van der Waals surface area contributed by atoms with Crippen LogP contribution in [-0.4, -0.2) is 17.8 Å². The highest BCUT2D eigenvalue weighted by molar-refractivity contribution is 9.09. The summed E-state index contributed by atoms with van der Waals surface area (Å²) < 4.78 is 0. The quantitative estimate of drug-likeness (QED) is 0.762. The molecule has 0 N–H and O–H groups in total. The van der Waals surface area contributed by atoms with E-state index < -0.39 is 0 Å². The topological polar surface area (TPSA) is 20.3 Å². The number of nitrogens with zero attached hydrogens (tertiary/aromatic N) is 1. The normalized spacial score (nSPS) is 20.6. The summed E-state index contributed by atoms with van der Waals surface area (Å²) in [6.45, 7) is 7.43. The van der Waals surface area contributed by atoms with Crippen molar-refractivity contribution < 1.29 is 4.79 Å². The maximum absolute atomic E-state index is 11.9. The predicted octanol–water partition coefficient (Wildman–Crippen LogP) is 3.73. The second-order valence-electron chi connectivity index (χ2n) is 6.03. The van der Waals surface area contributed by atoms with Gasteiger partial charge in [-0.25, -0.2) is 0 Å². The molecule has 2 rings (SSSR count). The zero-order valence-electron chi connectivity index (χ0n) is 11.2. The van der Waals surface area contributed by atoms with Crippen LogP contribution < -0.4 is 4.90 Å². The van der Waals surface area contributed by atoms with Crippen LogP contribution in [0, 0.1) is 5.92 Å². The summed E-state index contributed by atoms with van der Waals surface area (Å²) >= 11 is 3.46. The fourth-order valence-electron chi connectivity index (χ4n) is 2.28. The lowest BCUT2D eigenvalue weighted by molar-refractivity contribution is -0.117. The van der Waals surface area contributed by atoms with Crippen molar-refractivity contribution in [3.8, 4) is 0 Å². The molecule has 18 heavy (non-hydrogen) atoms. The van der Waals surface area contributed by atoms with Crippen molar-refractivity contribution in [2.45, 2.75) is 32.6 Å². The maximum Gasteiger partial charge on any atom is 0.227 e. The minimum Gasteiger partial charge on any atom is -0.312 e. The lowest BCUT2D eigenvalue weighted by Gasteiger charge is -2.21. The Morgan fingerprint density at radius 3 is 2.33 bits per heavy atom. The molecule has 0 bridgehead atoms. The number of carbonyl (C=O) groups excluding carboxylic acids is 1. The van der Waals surface area contributed by atoms with E-state index in [2.05, 4.69) is 61.0 Å². The van der Waals surface area contributed by atoms with Crippen molar-refractivity contribution in [3.63, 3.8) is 0 Å². The predicted molar refractivity (Wildman–Crippen MR) is 79.4 cm³/mol. The number of anilines is 1. The molecule has 1 unspecified atom stereocenters. The van der Waals surface area contributed by atoms with Gasteiger partial charge in [-0.2, -0.15) is 0 Å². The number of hydrogen-bond acceptors (Lipinski definition) is 1. The van der Waals surface area contributed by atoms with Crippen LogP contribution in [0.1, 0.15) is 32.8 Å². The van der Waals surface area contributed by atoms with Gasteiger partial charge in [-0.1, -0.05) is 48.8 Å². The third-order valence-corrected chi connectivity index (χ3v) is 4.38. The van der Waals surface area contributed by atoms with E-state index in [4.69, 9.17) is 0 Å². The van der Waals surface area contributed by atoms with Gasteiger partial charge in [0.05, 0.1) is 0 Å². The van der Waals surface area contributed by atoms with E-state index in [1.165, 1.54) is 5.56 Å². The van der Waals surface area contributed by atoms with Gasteiger partial charge in [0.1, 0.15) is 0 Å². The molecule has 1 aliphatic rings. The maximum atomic E-state index is 11.9. The summed E-state index contributed by atoms with van der Waals surface area (Å²) in [5, 5.41) is 0.898. The molecule has 3 heteroatoms. The standard InChI is InChI=1S/C15H20BrNO/c1-15(2,3)12-4-6-13(7-5-12)17-10-11(9-16)8-14(17)18/h4-7,11H,8-10H2,1-3H3. The summed E-state index contributed by atoms with van der Waals surface area (Å²) in [6.07, 6.45) is 0.659. The van der Waals surface area contributed by atoms with Crippen LogP contribution in [0.4, 0.5) is 5.69 Å². The summed E-state index contributed by atoms with van der Waals surface area (Å²) in [7, 11) is 0. The molecule has 0 aliphatic carbocycles. The molecule has 1 aromatic carbocycles. The molecule has 1 aliphatic heterocycles. The molecule has 1 saturated heterocycles. The number of alkyl halides is 1. The van der Waals surface area contributed by atoms with Crippen molar-refractivity contribution in [1.29, 1.82) is 0 Å². The van der Waals surface area contributed by atoms with Crippen LogP contribution in [0.2, 0.25) is 0 Å². The van der Waals surface area contributed by atoms with E-state index in [0.29, 0.717) is 12.3 Å². The van der Waals surface area contributed by atoms with Gasteiger partial charge in [0.15, 0.2) is 0 Å². The van der Waals surface area contributed by atoms with Crippen molar-refractivity contribution in [1.82, 2.24) is 0 Å². The monoisotopic (exact) mass is 309 g/mol. The third kappa shape index (κ3) is 2.77. The average Bonchev–Trinajstić information content (AvgIpc) is 2.70. The van der Waals surface area contributed by atoms with Crippen molar-refractivity contribution in [3.05, 3.63) is 29.8 Å². The van der Waals surface area contributed by atoms with Gasteiger partial charge in [-0.3, -0.25) is 4.79 Å². The fourth-order valence-corrected chi connectivity index (χ4v) is 2.71. The Bertz CT molecular complexity index is 433. The molecule has 98 valence electrons. The number of hydrogen-bond donors (Lipinski definition) is 0. The van der Waals surface area contributed by atoms with E-state index in [1.807, 2.05) is 4.90 Å². The van der Waals surface area contributed by atoms with Gasteiger partial charge < -0.3 is 4.90 Å². The van der Waals surface area contributed by atoms with E-state index in [-0.39, 0.29) is 11.3 Å². The van der Waals surface area contributed by atoms with Gasteiger partial charge in [0.2, 0.25) is 5.91 Å². The van der Waals surface area contributed by atoms with E-state index in [9.17, 15) is 4.79 Å². The second-order valence-corrected chi connectivity index (χ2v) is 6.67. The molecule has 1 fully saturated rings. The lowest BCUT2D eigenvalue weighted by atomic mass is 9.87. The first-order valence-corrected chi connectivity index (χ1v) is 7.51. The first-order valence-electron chi connectivity index (χ1n) is 6.38. The van der Waals surface area contributed by atoms with Crippen LogP contribution in [0.25, 0.3) is 0 Å². The molecule has 0 radical (unpaired) electrons. The van der Waals surface area contributed by atoms with Crippen LogP contribution in [0.15, 0.2) is 24.3 Å². The van der Waals surface area contributed by atoms with Crippen molar-refractivity contribution in [2.75, 3.05) is 16.8 Å². The molecule has 1 amide bonds. The zero-order valence-corrected chi connectivity index (χ0v) is 12.8. The van der Waals surface area contributed by atoms with Crippen molar-refractivity contribution >= 4 is 27.5 Å². The van der Waals surface area contributed by atoms with Crippen LogP contribution in [0.5, 0.6) is 0 Å². The smallest absolute Gasteiger partial charge is 0.227 e. The van der Waals surface area contributed by atoms with Gasteiger partial charge in [-0.15, -0.1) is 0 Å². The summed E-state index contributed by atoms with van der Waals surface area (Å²) in [6, 6.07) is 8.39. The number of halogens is 1. The summed E-state index contributed by atoms with van der Waals surface area (Å²) in [4.78, 5) is 13.8. The number of amides is 1. The third-order valence-electron chi connectivity index (χ3n) is 3.47. The SMILES string of the molecule is CC(C)(C)c1ccc(N2CC(CBr)CC2=O)cc1. The number of carbonyl (C=O) groups is 1. The van der Waals surface area contributed by atoms with Crippen LogP contribution in [0.3, 0.4) is 0 Å². The highest BCUT2D eigenvalue weighted by Crippen LogP contribution is 2.29. The van der Waals surface area contributed by atoms with E-state index in [0.717, 1.165) is 17.6 Å². The van der Waals surface area contributed by atoms with Gasteiger partial charge >= 0.3 is 0 Å². The Labute approximate surface area is 117 Å². The minimum absolute atomic E-state index is 0.159. The largest absolute Gasteiger partial charge is 0.312 e. The molecule has 1 aromatic rings. The Hall–Kier alpha value is -0.830. The lowest BCUT2D eigenvalue weighted by Crippen LogP contribution is -2.24. The Morgan fingerprint density at radius 1 is 1.28 bits per heavy atom. The molecule has 2 nitrogen and oxygen atoms in total. The average molecular weight is 310 g/mol. The number of rotatable bonds is 2. The highest BCUT2D eigenvalue weighted by atomic mass is 79.9. The first-order chi connectivity index (χ1) is 8.41. The zero-order chi connectivity index (χ0) is 13.3. The molecular weight excluding hydrogens is 290 g/mol. The molecule has 1 heterocycles. The van der Waals surface area contributed by atoms with Gasteiger partial charge in [0.25, 0.3) is 0 Å². The van der Waals surface area contributed by atoms with Crippen LogP contribution >= 0.6 is 15.9 Å². The second kappa shape index (κ2) is 5.04.